The van der Waals surface area contributed by atoms with Gasteiger partial charge in [-0.05, 0) is 37.0 Å². The monoisotopic (exact) mass is 332 g/mol. The van der Waals surface area contributed by atoms with Crippen molar-refractivity contribution in [2.24, 2.45) is 0 Å². The first-order chi connectivity index (χ1) is 12.0. The van der Waals surface area contributed by atoms with Crippen LogP contribution in [0.4, 0.5) is 0 Å². The number of benzene rings is 2. The number of hydrogen-bond acceptors (Lipinski definition) is 3. The Kier molecular flexibility index (Phi) is 5.13. The van der Waals surface area contributed by atoms with Gasteiger partial charge in [0, 0.05) is 23.0 Å². The summed E-state index contributed by atoms with van der Waals surface area (Å²) < 4.78 is 6.06. The molecule has 0 unspecified atom stereocenters. The zero-order valence-electron chi connectivity index (χ0n) is 15.3. The summed E-state index contributed by atoms with van der Waals surface area (Å²) in [6.45, 7) is 8.93. The molecule has 0 radical (unpaired) electrons. The highest BCUT2D eigenvalue weighted by Gasteiger charge is 2.09. The van der Waals surface area contributed by atoms with Gasteiger partial charge in [0.25, 0.3) is 0 Å². The van der Waals surface area contributed by atoms with Gasteiger partial charge in [-0.15, -0.1) is 0 Å². The minimum atomic E-state index is 0.475. The molecule has 3 rings (SSSR count). The maximum atomic E-state index is 6.06. The zero-order chi connectivity index (χ0) is 17.8. The highest BCUT2D eigenvalue weighted by molar-refractivity contribution is 5.54. The summed E-state index contributed by atoms with van der Waals surface area (Å²) in [5, 5.41) is 0. The second-order valence-corrected chi connectivity index (χ2v) is 6.64. The van der Waals surface area contributed by atoms with Gasteiger partial charge in [0.2, 0.25) is 0 Å². The summed E-state index contributed by atoms with van der Waals surface area (Å²) in [4.78, 5) is 9.13. The molecule has 3 nitrogen and oxygen atoms in total. The van der Waals surface area contributed by atoms with Crippen molar-refractivity contribution < 1.29 is 4.74 Å². The van der Waals surface area contributed by atoms with E-state index in [0.717, 1.165) is 34.0 Å². The quantitative estimate of drug-likeness (QED) is 0.622. The van der Waals surface area contributed by atoms with Gasteiger partial charge >= 0.3 is 0 Å². The Morgan fingerprint density at radius 2 is 1.76 bits per heavy atom. The van der Waals surface area contributed by atoms with Crippen LogP contribution in [0.1, 0.15) is 42.1 Å². The molecular formula is C22H24N2O. The molecule has 0 N–H and O–H groups in total. The molecule has 2 aromatic carbocycles. The van der Waals surface area contributed by atoms with Gasteiger partial charge in [-0.3, -0.25) is 0 Å². The van der Waals surface area contributed by atoms with Crippen LogP contribution in [-0.4, -0.2) is 9.97 Å². The molecule has 0 saturated carbocycles. The highest BCUT2D eigenvalue weighted by atomic mass is 16.5. The van der Waals surface area contributed by atoms with Gasteiger partial charge in [-0.1, -0.05) is 56.3 Å². The second-order valence-electron chi connectivity index (χ2n) is 6.64. The number of hydrogen-bond donors (Lipinski definition) is 0. The van der Waals surface area contributed by atoms with Crippen LogP contribution >= 0.6 is 0 Å². The first-order valence-corrected chi connectivity index (χ1v) is 8.66. The van der Waals surface area contributed by atoms with Gasteiger partial charge in [0.15, 0.2) is 5.82 Å². The first-order valence-electron chi connectivity index (χ1n) is 8.66. The molecule has 0 bridgehead atoms. The summed E-state index contributed by atoms with van der Waals surface area (Å²) >= 11 is 0. The summed E-state index contributed by atoms with van der Waals surface area (Å²) in [5.74, 6) is 2.16. The van der Waals surface area contributed by atoms with Crippen LogP contribution in [-0.2, 0) is 6.61 Å². The predicted octanol–water partition coefficient (Wildman–Crippen LogP) is 5.46. The van der Waals surface area contributed by atoms with E-state index in [1.807, 2.05) is 43.5 Å². The van der Waals surface area contributed by atoms with Crippen LogP contribution in [0.5, 0.6) is 5.75 Å². The van der Waals surface area contributed by atoms with E-state index in [0.29, 0.717) is 12.5 Å². The van der Waals surface area contributed by atoms with Crippen molar-refractivity contribution in [3.05, 3.63) is 77.1 Å². The number of ether oxygens (including phenoxy) is 1. The molecule has 0 saturated heterocycles. The second kappa shape index (κ2) is 7.47. The lowest BCUT2D eigenvalue weighted by molar-refractivity contribution is 0.302. The molecule has 0 fully saturated rings. The maximum absolute atomic E-state index is 6.06. The van der Waals surface area contributed by atoms with Crippen LogP contribution in [0.15, 0.2) is 54.7 Å². The molecule has 0 amide bonds. The lowest BCUT2D eigenvalue weighted by atomic mass is 10.0. The summed E-state index contributed by atoms with van der Waals surface area (Å²) in [6, 6.07) is 16.4. The third kappa shape index (κ3) is 4.05. The topological polar surface area (TPSA) is 35.0 Å². The SMILES string of the molecule is Cc1ccc(C(C)C)cc1OCc1cnc(-c2ccccc2)nc1C. The van der Waals surface area contributed by atoms with Crippen molar-refractivity contribution in [2.75, 3.05) is 0 Å². The molecule has 1 aromatic heterocycles. The number of rotatable bonds is 5. The Bertz CT molecular complexity index is 857. The molecule has 0 aliphatic heterocycles. The number of nitrogens with zero attached hydrogens (tertiary/aromatic N) is 2. The summed E-state index contributed by atoms with van der Waals surface area (Å²) in [5.41, 5.74) is 5.41. The highest BCUT2D eigenvalue weighted by Crippen LogP contribution is 2.25. The van der Waals surface area contributed by atoms with Gasteiger partial charge in [0.1, 0.15) is 12.4 Å². The van der Waals surface area contributed by atoms with Crippen molar-refractivity contribution >= 4 is 0 Å². The van der Waals surface area contributed by atoms with Crippen molar-refractivity contribution in [2.45, 2.75) is 40.2 Å². The number of aromatic nitrogens is 2. The predicted molar refractivity (Wildman–Crippen MR) is 102 cm³/mol. The van der Waals surface area contributed by atoms with E-state index in [1.165, 1.54) is 5.56 Å². The average molecular weight is 332 g/mol. The van der Waals surface area contributed by atoms with Crippen molar-refractivity contribution in [3.8, 4) is 17.1 Å². The normalized spacial score (nSPS) is 10.9. The minimum absolute atomic E-state index is 0.475. The van der Waals surface area contributed by atoms with Crippen molar-refractivity contribution in [1.29, 1.82) is 0 Å². The van der Waals surface area contributed by atoms with Crippen LogP contribution in [0, 0.1) is 13.8 Å². The van der Waals surface area contributed by atoms with Crippen LogP contribution in [0.2, 0.25) is 0 Å². The minimum Gasteiger partial charge on any atom is -0.488 e. The van der Waals surface area contributed by atoms with Gasteiger partial charge in [-0.25, -0.2) is 9.97 Å². The van der Waals surface area contributed by atoms with Crippen molar-refractivity contribution in [3.63, 3.8) is 0 Å². The fourth-order valence-electron chi connectivity index (χ4n) is 2.65. The standard InChI is InChI=1S/C22H24N2O/c1-15(2)19-11-10-16(3)21(12-19)25-14-20-13-23-22(24-17(20)4)18-8-6-5-7-9-18/h5-13,15H,14H2,1-4H3. The summed E-state index contributed by atoms with van der Waals surface area (Å²) in [7, 11) is 0. The molecule has 0 spiro atoms. The molecular weight excluding hydrogens is 308 g/mol. The van der Waals surface area contributed by atoms with E-state index < -0.39 is 0 Å². The number of aryl methyl sites for hydroxylation is 2. The van der Waals surface area contributed by atoms with Gasteiger partial charge in [-0.2, -0.15) is 0 Å². The Morgan fingerprint density at radius 1 is 1.00 bits per heavy atom. The van der Waals surface area contributed by atoms with E-state index in [4.69, 9.17) is 4.74 Å². The Labute approximate surface area is 149 Å². The third-order valence-corrected chi connectivity index (χ3v) is 4.38. The Morgan fingerprint density at radius 3 is 2.44 bits per heavy atom. The average Bonchev–Trinajstić information content (AvgIpc) is 2.62. The molecule has 0 atom stereocenters. The van der Waals surface area contributed by atoms with E-state index >= 15 is 0 Å². The largest absolute Gasteiger partial charge is 0.488 e. The molecule has 0 aliphatic carbocycles. The van der Waals surface area contributed by atoms with E-state index in [9.17, 15) is 0 Å². The smallest absolute Gasteiger partial charge is 0.159 e. The lowest BCUT2D eigenvalue weighted by Crippen LogP contribution is -2.03. The molecule has 25 heavy (non-hydrogen) atoms. The maximum Gasteiger partial charge on any atom is 0.159 e. The molecule has 3 heteroatoms. The van der Waals surface area contributed by atoms with E-state index in [1.54, 1.807) is 0 Å². The van der Waals surface area contributed by atoms with E-state index in [-0.39, 0.29) is 0 Å². The molecule has 128 valence electrons. The van der Waals surface area contributed by atoms with Crippen molar-refractivity contribution in [1.82, 2.24) is 9.97 Å². The Hall–Kier alpha value is -2.68. The fourth-order valence-corrected chi connectivity index (χ4v) is 2.65. The zero-order valence-corrected chi connectivity index (χ0v) is 15.3. The first kappa shape index (κ1) is 17.2. The third-order valence-electron chi connectivity index (χ3n) is 4.38. The summed E-state index contributed by atoms with van der Waals surface area (Å²) in [6.07, 6.45) is 1.87. The van der Waals surface area contributed by atoms with E-state index in [2.05, 4.69) is 48.9 Å². The molecule has 0 aliphatic rings. The van der Waals surface area contributed by atoms with Gasteiger partial charge in [0.05, 0.1) is 0 Å². The van der Waals surface area contributed by atoms with Crippen LogP contribution in [0.25, 0.3) is 11.4 Å². The lowest BCUT2D eigenvalue weighted by Gasteiger charge is -2.14. The van der Waals surface area contributed by atoms with Gasteiger partial charge < -0.3 is 4.74 Å². The Balaban J connectivity index is 1.77. The molecule has 3 aromatic rings. The fraction of sp³-hybridized carbons (Fsp3) is 0.273. The molecule has 1 heterocycles. The van der Waals surface area contributed by atoms with Crippen LogP contribution < -0.4 is 4.74 Å². The van der Waals surface area contributed by atoms with Crippen LogP contribution in [0.3, 0.4) is 0 Å².